The number of hydrogen-bond acceptors (Lipinski definition) is 6. The molecule has 0 saturated carbocycles. The van der Waals surface area contributed by atoms with Crippen molar-refractivity contribution in [3.63, 3.8) is 0 Å². The molecule has 28 heavy (non-hydrogen) atoms. The minimum Gasteiger partial charge on any atom is -0.378 e. The van der Waals surface area contributed by atoms with Crippen LogP contribution in [0.5, 0.6) is 0 Å². The summed E-state index contributed by atoms with van der Waals surface area (Å²) in [5.74, 6) is 0.613. The normalized spacial score (nSPS) is 16.9. The number of morpholine rings is 1. The predicted octanol–water partition coefficient (Wildman–Crippen LogP) is 1.43. The van der Waals surface area contributed by atoms with Crippen molar-refractivity contribution in [3.05, 3.63) is 53.9 Å². The van der Waals surface area contributed by atoms with E-state index < -0.39 is 0 Å². The third kappa shape index (κ3) is 3.01. The van der Waals surface area contributed by atoms with Crippen LogP contribution >= 0.6 is 0 Å². The second kappa shape index (κ2) is 7.05. The Labute approximate surface area is 161 Å². The number of pyridine rings is 1. The molecule has 1 N–H and O–H groups in total. The maximum Gasteiger partial charge on any atom is 0.281 e. The van der Waals surface area contributed by atoms with Crippen molar-refractivity contribution in [2.24, 2.45) is 4.99 Å². The highest BCUT2D eigenvalue weighted by Crippen LogP contribution is 2.27. The number of anilines is 2. The molecule has 2 aromatic heterocycles. The Morgan fingerprint density at radius 2 is 2.07 bits per heavy atom. The van der Waals surface area contributed by atoms with E-state index in [1.165, 1.54) is 6.20 Å². The van der Waals surface area contributed by atoms with Gasteiger partial charge in [-0.1, -0.05) is 0 Å². The monoisotopic (exact) mass is 376 g/mol. The first kappa shape index (κ1) is 16.9. The van der Waals surface area contributed by atoms with E-state index in [0.717, 1.165) is 61.8 Å². The largest absolute Gasteiger partial charge is 0.378 e. The Morgan fingerprint density at radius 1 is 1.18 bits per heavy atom. The summed E-state index contributed by atoms with van der Waals surface area (Å²) in [5, 5.41) is 4.43. The van der Waals surface area contributed by atoms with E-state index in [1.807, 2.05) is 4.57 Å². The minimum atomic E-state index is -0.342. The fourth-order valence-corrected chi connectivity index (χ4v) is 3.66. The molecule has 8 heteroatoms. The zero-order valence-electron chi connectivity index (χ0n) is 15.3. The molecule has 0 unspecified atom stereocenters. The van der Waals surface area contributed by atoms with Gasteiger partial charge in [0.2, 0.25) is 5.62 Å². The number of nitrogens with one attached hydrogen (secondary N) is 1. The molecule has 4 heterocycles. The van der Waals surface area contributed by atoms with E-state index in [-0.39, 0.29) is 5.91 Å². The van der Waals surface area contributed by atoms with Crippen LogP contribution in [0.25, 0.3) is 10.9 Å². The lowest BCUT2D eigenvalue weighted by molar-refractivity contribution is 0.0996. The van der Waals surface area contributed by atoms with Crippen LogP contribution in [-0.4, -0.2) is 53.3 Å². The summed E-state index contributed by atoms with van der Waals surface area (Å²) >= 11 is 0. The number of carbonyl (C=O) groups is 1. The average Bonchev–Trinajstić information content (AvgIpc) is 3.25. The molecule has 3 aromatic rings. The van der Waals surface area contributed by atoms with Gasteiger partial charge in [0.1, 0.15) is 5.82 Å². The number of fused-ring (bicyclic) bond motifs is 3. The number of aromatic nitrogens is 3. The lowest BCUT2D eigenvalue weighted by Gasteiger charge is -2.29. The van der Waals surface area contributed by atoms with Gasteiger partial charge in [-0.2, -0.15) is 4.99 Å². The second-order valence-corrected chi connectivity index (χ2v) is 6.80. The highest BCUT2D eigenvalue weighted by molar-refractivity contribution is 5.95. The lowest BCUT2D eigenvalue weighted by Crippen LogP contribution is -2.36. The summed E-state index contributed by atoms with van der Waals surface area (Å²) in [4.78, 5) is 27.9. The van der Waals surface area contributed by atoms with Gasteiger partial charge < -0.3 is 15.0 Å². The van der Waals surface area contributed by atoms with Crippen molar-refractivity contribution in [2.75, 3.05) is 43.1 Å². The Bertz CT molecular complexity index is 1100. The Kier molecular flexibility index (Phi) is 4.25. The average molecular weight is 376 g/mol. The molecule has 2 aliphatic rings. The smallest absolute Gasteiger partial charge is 0.281 e. The Morgan fingerprint density at radius 3 is 2.89 bits per heavy atom. The molecule has 5 rings (SSSR count). The summed E-state index contributed by atoms with van der Waals surface area (Å²) in [6.45, 7) is 4.69. The summed E-state index contributed by atoms with van der Waals surface area (Å²) in [6, 6.07) is 9.71. The fourth-order valence-electron chi connectivity index (χ4n) is 3.66. The van der Waals surface area contributed by atoms with Gasteiger partial charge in [-0.25, -0.2) is 4.98 Å². The molecule has 0 bridgehead atoms. The van der Waals surface area contributed by atoms with Crippen LogP contribution in [0.2, 0.25) is 0 Å². The number of carbonyl (C=O) groups excluding carboxylic acids is 1. The summed E-state index contributed by atoms with van der Waals surface area (Å²) < 4.78 is 7.41. The van der Waals surface area contributed by atoms with Gasteiger partial charge in [-0.05, 0) is 30.3 Å². The highest BCUT2D eigenvalue weighted by atomic mass is 16.5. The van der Waals surface area contributed by atoms with Gasteiger partial charge in [0, 0.05) is 49.6 Å². The molecular formula is C20H20N6O2. The van der Waals surface area contributed by atoms with Crippen LogP contribution in [0.15, 0.2) is 47.7 Å². The van der Waals surface area contributed by atoms with Crippen molar-refractivity contribution in [2.45, 2.75) is 6.54 Å². The van der Waals surface area contributed by atoms with Crippen molar-refractivity contribution in [3.8, 4) is 0 Å². The second-order valence-electron chi connectivity index (χ2n) is 6.80. The number of ether oxygens (including phenoxy) is 1. The molecule has 1 amide bonds. The maximum absolute atomic E-state index is 12.6. The van der Waals surface area contributed by atoms with Crippen LogP contribution in [0.1, 0.15) is 10.4 Å². The van der Waals surface area contributed by atoms with Crippen LogP contribution in [-0.2, 0) is 11.3 Å². The Hall–Kier alpha value is -3.26. The third-order valence-electron chi connectivity index (χ3n) is 5.08. The fraction of sp³-hybridized carbons (Fsp3) is 0.300. The maximum atomic E-state index is 12.6. The summed E-state index contributed by atoms with van der Waals surface area (Å²) in [5.41, 5.74) is 2.80. The first-order chi connectivity index (χ1) is 13.8. The molecule has 0 radical (unpaired) electrons. The topological polar surface area (TPSA) is 84.6 Å². The van der Waals surface area contributed by atoms with Crippen molar-refractivity contribution < 1.29 is 9.53 Å². The van der Waals surface area contributed by atoms with Crippen LogP contribution in [0.3, 0.4) is 0 Å². The molecule has 2 aliphatic heterocycles. The van der Waals surface area contributed by atoms with Crippen LogP contribution < -0.4 is 15.8 Å². The van der Waals surface area contributed by atoms with Gasteiger partial charge in [-0.15, -0.1) is 0 Å². The van der Waals surface area contributed by atoms with Gasteiger partial charge in [0.25, 0.3) is 5.91 Å². The molecule has 1 fully saturated rings. The van der Waals surface area contributed by atoms with E-state index >= 15 is 0 Å². The molecule has 0 spiro atoms. The van der Waals surface area contributed by atoms with Gasteiger partial charge in [-0.3, -0.25) is 14.3 Å². The number of benzene rings is 1. The first-order valence-electron chi connectivity index (χ1n) is 9.40. The van der Waals surface area contributed by atoms with E-state index in [4.69, 9.17) is 9.72 Å². The quantitative estimate of drug-likeness (QED) is 0.728. The van der Waals surface area contributed by atoms with Gasteiger partial charge in [0.15, 0.2) is 0 Å². The first-order valence-corrected chi connectivity index (χ1v) is 9.40. The van der Waals surface area contributed by atoms with Crippen molar-refractivity contribution in [1.29, 1.82) is 0 Å². The number of hydrogen-bond donors (Lipinski definition) is 1. The summed E-state index contributed by atoms with van der Waals surface area (Å²) in [6.07, 6.45) is 3.15. The van der Waals surface area contributed by atoms with Gasteiger partial charge in [0.05, 0.1) is 24.3 Å². The SMILES string of the molecule is O=C(N=c1nc2cc(N3CCOCC3)ccc2c2n1CCN2)c1cccnc1. The van der Waals surface area contributed by atoms with Crippen LogP contribution in [0, 0.1) is 0 Å². The predicted molar refractivity (Wildman–Crippen MR) is 105 cm³/mol. The third-order valence-corrected chi connectivity index (χ3v) is 5.08. The van der Waals surface area contributed by atoms with E-state index in [1.54, 1.807) is 18.3 Å². The zero-order chi connectivity index (χ0) is 18.9. The van der Waals surface area contributed by atoms with E-state index in [2.05, 4.69) is 38.4 Å². The zero-order valence-corrected chi connectivity index (χ0v) is 15.3. The highest BCUT2D eigenvalue weighted by Gasteiger charge is 2.18. The van der Waals surface area contributed by atoms with Crippen molar-refractivity contribution in [1.82, 2.24) is 14.5 Å². The number of nitrogens with zero attached hydrogens (tertiary/aromatic N) is 5. The molecule has 0 atom stereocenters. The standard InChI is InChI=1S/C20H20N6O2/c27-19(14-2-1-5-21-13-14)24-20-23-17-12-15(25-8-10-28-11-9-25)3-4-16(17)18-22-6-7-26(18)20/h1-5,12-13,22H,6-11H2. The number of amides is 1. The molecule has 8 nitrogen and oxygen atoms in total. The molecule has 0 aliphatic carbocycles. The number of rotatable bonds is 2. The van der Waals surface area contributed by atoms with Crippen LogP contribution in [0.4, 0.5) is 11.5 Å². The van der Waals surface area contributed by atoms with Gasteiger partial charge >= 0.3 is 0 Å². The molecule has 1 aromatic carbocycles. The lowest BCUT2D eigenvalue weighted by atomic mass is 10.2. The van der Waals surface area contributed by atoms with E-state index in [9.17, 15) is 4.79 Å². The molecule has 142 valence electrons. The molecular weight excluding hydrogens is 356 g/mol. The molecule has 1 saturated heterocycles. The van der Waals surface area contributed by atoms with Crippen molar-refractivity contribution >= 4 is 28.3 Å². The Balaban J connectivity index is 1.62. The minimum absolute atomic E-state index is 0.342. The summed E-state index contributed by atoms with van der Waals surface area (Å²) in [7, 11) is 0. The van der Waals surface area contributed by atoms with E-state index in [0.29, 0.717) is 11.2 Å².